The lowest BCUT2D eigenvalue weighted by atomic mass is 10.3. The van der Waals surface area contributed by atoms with Crippen LogP contribution in [0.5, 0.6) is 0 Å². The molecule has 0 aliphatic carbocycles. The van der Waals surface area contributed by atoms with E-state index in [-0.39, 0.29) is 24.0 Å². The molecule has 0 atom stereocenters. The van der Waals surface area contributed by atoms with Gasteiger partial charge in [0, 0.05) is 90.7 Å². The number of hydrogen-bond donors (Lipinski definition) is 1. The quantitative estimate of drug-likeness (QED) is 0.242. The van der Waals surface area contributed by atoms with Crippen molar-refractivity contribution in [3.05, 3.63) is 36.9 Å². The molecule has 174 valence electrons. The number of aliphatic imine (C=N–C) groups is 1. The summed E-state index contributed by atoms with van der Waals surface area (Å²) in [5, 5.41) is 3.54. The highest BCUT2D eigenvalue weighted by atomic mass is 127. The molecule has 0 saturated carbocycles. The lowest BCUT2D eigenvalue weighted by Gasteiger charge is -2.36. The Labute approximate surface area is 207 Å². The minimum absolute atomic E-state index is 0. The van der Waals surface area contributed by atoms with Gasteiger partial charge in [-0.25, -0.2) is 19.9 Å². The molecule has 4 heterocycles. The SMILES string of the molecule is CN=C(NCCCN1CCN(c2ncccn2)CC1)N1CCN(c2ncccn2)CC1.I. The van der Waals surface area contributed by atoms with Crippen LogP contribution in [0.2, 0.25) is 0 Å². The number of aromatic nitrogens is 4. The van der Waals surface area contributed by atoms with E-state index in [9.17, 15) is 0 Å². The Bertz CT molecular complexity index is 806. The van der Waals surface area contributed by atoms with Gasteiger partial charge in [0.1, 0.15) is 0 Å². The van der Waals surface area contributed by atoms with E-state index in [4.69, 9.17) is 0 Å². The number of nitrogens with one attached hydrogen (secondary N) is 1. The van der Waals surface area contributed by atoms with Crippen molar-refractivity contribution in [1.82, 2.24) is 35.1 Å². The second kappa shape index (κ2) is 12.7. The first-order chi connectivity index (χ1) is 15.3. The first kappa shape index (κ1) is 24.4. The first-order valence-electron chi connectivity index (χ1n) is 11.1. The molecule has 32 heavy (non-hydrogen) atoms. The Balaban J connectivity index is 0.00000289. The van der Waals surface area contributed by atoms with Gasteiger partial charge in [0.25, 0.3) is 0 Å². The van der Waals surface area contributed by atoms with Crippen molar-refractivity contribution in [3.63, 3.8) is 0 Å². The van der Waals surface area contributed by atoms with Gasteiger partial charge in [-0.15, -0.1) is 24.0 Å². The topological polar surface area (TPSA) is 88.9 Å². The molecule has 11 heteroatoms. The Kier molecular flexibility index (Phi) is 9.65. The Morgan fingerprint density at radius 2 is 1.31 bits per heavy atom. The van der Waals surface area contributed by atoms with Crippen molar-refractivity contribution in [2.75, 3.05) is 82.3 Å². The van der Waals surface area contributed by atoms with Gasteiger partial charge in [-0.2, -0.15) is 0 Å². The Morgan fingerprint density at radius 3 is 1.81 bits per heavy atom. The predicted octanol–water partition coefficient (Wildman–Crippen LogP) is 0.794. The van der Waals surface area contributed by atoms with Crippen molar-refractivity contribution >= 4 is 41.8 Å². The maximum absolute atomic E-state index is 4.48. The number of guanidine groups is 1. The first-order valence-corrected chi connectivity index (χ1v) is 11.1. The molecule has 2 aliphatic rings. The van der Waals surface area contributed by atoms with Gasteiger partial charge in [0.05, 0.1) is 0 Å². The molecule has 0 bridgehead atoms. The molecule has 10 nitrogen and oxygen atoms in total. The highest BCUT2D eigenvalue weighted by Gasteiger charge is 2.21. The molecule has 0 unspecified atom stereocenters. The fourth-order valence-corrected chi connectivity index (χ4v) is 4.03. The summed E-state index contributed by atoms with van der Waals surface area (Å²) in [6.07, 6.45) is 8.30. The third-order valence-electron chi connectivity index (χ3n) is 5.77. The molecule has 0 radical (unpaired) electrons. The van der Waals surface area contributed by atoms with E-state index in [2.05, 4.69) is 49.8 Å². The monoisotopic (exact) mass is 552 g/mol. The zero-order valence-corrected chi connectivity index (χ0v) is 21.0. The molecule has 2 aromatic heterocycles. The highest BCUT2D eigenvalue weighted by Crippen LogP contribution is 2.11. The maximum Gasteiger partial charge on any atom is 0.225 e. The second-order valence-electron chi connectivity index (χ2n) is 7.73. The summed E-state index contributed by atoms with van der Waals surface area (Å²) in [6.45, 7) is 9.72. The van der Waals surface area contributed by atoms with Gasteiger partial charge in [-0.05, 0) is 25.1 Å². The average molecular weight is 552 g/mol. The molecule has 2 fully saturated rings. The van der Waals surface area contributed by atoms with Crippen molar-refractivity contribution < 1.29 is 0 Å². The zero-order valence-electron chi connectivity index (χ0n) is 18.7. The van der Waals surface area contributed by atoms with Crippen molar-refractivity contribution in [2.24, 2.45) is 4.99 Å². The van der Waals surface area contributed by atoms with Gasteiger partial charge in [0.2, 0.25) is 11.9 Å². The molecule has 0 amide bonds. The smallest absolute Gasteiger partial charge is 0.225 e. The predicted molar refractivity (Wildman–Crippen MR) is 138 cm³/mol. The molecule has 2 aromatic rings. The van der Waals surface area contributed by atoms with E-state index < -0.39 is 0 Å². The molecule has 1 N–H and O–H groups in total. The number of piperazine rings is 2. The summed E-state index contributed by atoms with van der Waals surface area (Å²) in [7, 11) is 1.86. The normalized spacial score (nSPS) is 17.8. The zero-order chi connectivity index (χ0) is 21.3. The largest absolute Gasteiger partial charge is 0.356 e. The number of halogens is 1. The van der Waals surface area contributed by atoms with Crippen LogP contribution in [-0.4, -0.2) is 108 Å². The van der Waals surface area contributed by atoms with Crippen molar-refractivity contribution in [2.45, 2.75) is 6.42 Å². The van der Waals surface area contributed by atoms with Crippen LogP contribution in [0.15, 0.2) is 41.9 Å². The van der Waals surface area contributed by atoms with Crippen LogP contribution in [0.25, 0.3) is 0 Å². The minimum Gasteiger partial charge on any atom is -0.356 e. The standard InChI is InChI=1S/C21H32N10.HI/c1-22-19(29-15-17-31(18-16-29)21-26-7-3-8-27-21)23-9-4-10-28-11-13-30(14-12-28)20-24-5-2-6-25-20;/h2-3,5-8H,4,9-18H2,1H3,(H,22,23);1H. The number of anilines is 2. The average Bonchev–Trinajstić information content (AvgIpc) is 2.86. The molecule has 4 rings (SSSR count). The molecular weight excluding hydrogens is 519 g/mol. The van der Waals surface area contributed by atoms with Gasteiger partial charge in [0.15, 0.2) is 5.96 Å². The summed E-state index contributed by atoms with van der Waals surface area (Å²) in [5.74, 6) is 2.63. The van der Waals surface area contributed by atoms with Gasteiger partial charge in [-0.3, -0.25) is 9.89 Å². The van der Waals surface area contributed by atoms with Crippen molar-refractivity contribution in [1.29, 1.82) is 0 Å². The van der Waals surface area contributed by atoms with Crippen LogP contribution in [-0.2, 0) is 0 Å². The van der Waals surface area contributed by atoms with E-state index in [1.165, 1.54) is 0 Å². The maximum atomic E-state index is 4.48. The summed E-state index contributed by atoms with van der Waals surface area (Å²) in [4.78, 5) is 31.2. The number of rotatable bonds is 6. The fraction of sp³-hybridized carbons (Fsp3) is 0.571. The molecule has 0 spiro atoms. The van der Waals surface area contributed by atoms with E-state index in [1.807, 2.05) is 31.6 Å². The van der Waals surface area contributed by atoms with Crippen molar-refractivity contribution in [3.8, 4) is 0 Å². The van der Waals surface area contributed by atoms with E-state index in [0.717, 1.165) is 89.7 Å². The van der Waals surface area contributed by atoms with E-state index >= 15 is 0 Å². The molecule has 2 aliphatic heterocycles. The van der Waals surface area contributed by atoms with Crippen LogP contribution in [0.3, 0.4) is 0 Å². The molecule has 0 aromatic carbocycles. The van der Waals surface area contributed by atoms with Gasteiger partial charge in [-0.1, -0.05) is 0 Å². The second-order valence-corrected chi connectivity index (χ2v) is 7.73. The minimum atomic E-state index is 0. The van der Waals surface area contributed by atoms with Crippen LogP contribution < -0.4 is 15.1 Å². The molecule has 2 saturated heterocycles. The third kappa shape index (κ3) is 6.61. The van der Waals surface area contributed by atoms with Crippen LogP contribution >= 0.6 is 24.0 Å². The third-order valence-corrected chi connectivity index (χ3v) is 5.77. The molecular formula is C21H33IN10. The summed E-state index contributed by atoms with van der Waals surface area (Å²) in [6, 6.07) is 3.71. The number of hydrogen-bond acceptors (Lipinski definition) is 8. The lowest BCUT2D eigenvalue weighted by Crippen LogP contribution is -2.53. The summed E-state index contributed by atoms with van der Waals surface area (Å²) >= 11 is 0. The number of nitrogens with zero attached hydrogens (tertiary/aromatic N) is 9. The van der Waals surface area contributed by atoms with Crippen LogP contribution in [0, 0.1) is 0 Å². The Morgan fingerprint density at radius 1 is 0.812 bits per heavy atom. The van der Waals surface area contributed by atoms with Gasteiger partial charge >= 0.3 is 0 Å². The van der Waals surface area contributed by atoms with Crippen LogP contribution in [0.4, 0.5) is 11.9 Å². The van der Waals surface area contributed by atoms with E-state index in [0.29, 0.717) is 0 Å². The van der Waals surface area contributed by atoms with Gasteiger partial charge < -0.3 is 20.0 Å². The van der Waals surface area contributed by atoms with Crippen LogP contribution in [0.1, 0.15) is 6.42 Å². The Hall–Kier alpha value is -2.28. The lowest BCUT2D eigenvalue weighted by molar-refractivity contribution is 0.253. The fourth-order valence-electron chi connectivity index (χ4n) is 4.03. The summed E-state index contributed by atoms with van der Waals surface area (Å²) in [5.41, 5.74) is 0. The van der Waals surface area contributed by atoms with E-state index in [1.54, 1.807) is 12.4 Å². The highest BCUT2D eigenvalue weighted by molar-refractivity contribution is 14.0. The summed E-state index contributed by atoms with van der Waals surface area (Å²) < 4.78 is 0.